The molecule has 148 valence electrons. The van der Waals surface area contributed by atoms with Crippen molar-refractivity contribution in [1.82, 2.24) is 9.47 Å². The molecule has 1 aliphatic rings. The van der Waals surface area contributed by atoms with Gasteiger partial charge in [-0.25, -0.2) is 0 Å². The van der Waals surface area contributed by atoms with Gasteiger partial charge in [0, 0.05) is 25.5 Å². The first-order chi connectivity index (χ1) is 13.5. The normalized spacial score (nSPS) is 14.6. The molecular weight excluding hydrogens is 360 g/mol. The van der Waals surface area contributed by atoms with Gasteiger partial charge in [0.2, 0.25) is 0 Å². The monoisotopic (exact) mass is 384 g/mol. The summed E-state index contributed by atoms with van der Waals surface area (Å²) >= 11 is 0. The summed E-state index contributed by atoms with van der Waals surface area (Å²) in [4.78, 5) is 38.6. The lowest BCUT2D eigenvalue weighted by Crippen LogP contribution is -2.47. The van der Waals surface area contributed by atoms with Gasteiger partial charge in [-0.15, -0.1) is 0 Å². The van der Waals surface area contributed by atoms with Crippen molar-refractivity contribution in [2.75, 3.05) is 19.8 Å². The number of carboxylic acid groups (broad SMARTS) is 1. The molecule has 0 bridgehead atoms. The van der Waals surface area contributed by atoms with E-state index < -0.39 is 24.0 Å². The van der Waals surface area contributed by atoms with E-state index in [-0.39, 0.29) is 11.6 Å². The third-order valence-electron chi connectivity index (χ3n) is 4.88. The molecule has 0 spiro atoms. The number of pyridine rings is 1. The van der Waals surface area contributed by atoms with E-state index in [9.17, 15) is 19.5 Å². The van der Waals surface area contributed by atoms with Crippen LogP contribution in [0.1, 0.15) is 34.3 Å². The Hall–Kier alpha value is -2.93. The summed E-state index contributed by atoms with van der Waals surface area (Å²) in [5.41, 5.74) is 1.61. The molecule has 1 aromatic carbocycles. The Morgan fingerprint density at radius 3 is 2.64 bits per heavy atom. The number of aliphatic carboxylic acids is 1. The molecule has 1 aliphatic heterocycles. The van der Waals surface area contributed by atoms with Crippen LogP contribution in [-0.4, -0.2) is 52.3 Å². The fourth-order valence-electron chi connectivity index (χ4n) is 3.50. The Bertz CT molecular complexity index is 915. The molecule has 0 radical (unpaired) electrons. The largest absolute Gasteiger partial charge is 0.480 e. The van der Waals surface area contributed by atoms with Gasteiger partial charge in [-0.1, -0.05) is 29.8 Å². The van der Waals surface area contributed by atoms with Gasteiger partial charge < -0.3 is 19.3 Å². The highest BCUT2D eigenvalue weighted by molar-refractivity contribution is 5.95. The van der Waals surface area contributed by atoms with Crippen molar-refractivity contribution in [3.63, 3.8) is 0 Å². The molecular formula is C21H24N2O5. The number of nitrogens with zero attached hydrogens (tertiary/aromatic N) is 2. The quantitative estimate of drug-likeness (QED) is 0.822. The van der Waals surface area contributed by atoms with Crippen LogP contribution < -0.4 is 5.56 Å². The maximum atomic E-state index is 13.1. The molecule has 1 fully saturated rings. The average Bonchev–Trinajstić information content (AvgIpc) is 2.68. The summed E-state index contributed by atoms with van der Waals surface area (Å²) in [6.07, 6.45) is 2.75. The first-order valence-electron chi connectivity index (χ1n) is 9.31. The molecule has 2 aromatic rings. The van der Waals surface area contributed by atoms with E-state index in [0.717, 1.165) is 11.1 Å². The second-order valence-electron chi connectivity index (χ2n) is 7.01. The van der Waals surface area contributed by atoms with E-state index in [4.69, 9.17) is 4.74 Å². The zero-order chi connectivity index (χ0) is 20.1. The lowest BCUT2D eigenvalue weighted by Gasteiger charge is -2.33. The zero-order valence-electron chi connectivity index (χ0n) is 15.8. The number of benzene rings is 1. The van der Waals surface area contributed by atoms with Crippen LogP contribution in [0.5, 0.6) is 0 Å². The first kappa shape index (κ1) is 19.8. The van der Waals surface area contributed by atoms with Crippen LogP contribution in [0.15, 0.2) is 47.4 Å². The van der Waals surface area contributed by atoms with Gasteiger partial charge in [0.25, 0.3) is 11.5 Å². The molecule has 1 N–H and O–H groups in total. The number of aromatic nitrogens is 1. The predicted molar refractivity (Wildman–Crippen MR) is 103 cm³/mol. The second-order valence-corrected chi connectivity index (χ2v) is 7.01. The zero-order valence-corrected chi connectivity index (χ0v) is 15.8. The lowest BCUT2D eigenvalue weighted by atomic mass is 10.1. The fourth-order valence-corrected chi connectivity index (χ4v) is 3.50. The lowest BCUT2D eigenvalue weighted by molar-refractivity contribution is -0.138. The Labute approximate surface area is 163 Å². The summed E-state index contributed by atoms with van der Waals surface area (Å²) in [5, 5.41) is 9.25. The van der Waals surface area contributed by atoms with Crippen LogP contribution in [0, 0.1) is 6.92 Å². The molecule has 2 heterocycles. The Balaban J connectivity index is 1.89. The van der Waals surface area contributed by atoms with Crippen molar-refractivity contribution in [1.29, 1.82) is 0 Å². The highest BCUT2D eigenvalue weighted by Gasteiger charge is 2.29. The number of amides is 1. The third kappa shape index (κ3) is 4.67. The Kier molecular flexibility index (Phi) is 6.26. The minimum absolute atomic E-state index is 0.0112. The SMILES string of the molecule is Cc1cccc(Cn2cccc(C(=O)N(CC(=O)O)C3CCOCC3)c2=O)c1. The molecule has 7 nitrogen and oxygen atoms in total. The van der Waals surface area contributed by atoms with Crippen LogP contribution in [-0.2, 0) is 16.1 Å². The van der Waals surface area contributed by atoms with Crippen LogP contribution in [0.2, 0.25) is 0 Å². The van der Waals surface area contributed by atoms with Crippen molar-refractivity contribution in [2.24, 2.45) is 0 Å². The van der Waals surface area contributed by atoms with Gasteiger partial charge in [0.1, 0.15) is 12.1 Å². The number of carbonyl (C=O) groups is 2. The fraction of sp³-hybridized carbons (Fsp3) is 0.381. The number of rotatable bonds is 6. The van der Waals surface area contributed by atoms with Gasteiger partial charge in [0.15, 0.2) is 0 Å². The first-order valence-corrected chi connectivity index (χ1v) is 9.31. The van der Waals surface area contributed by atoms with Gasteiger partial charge in [-0.3, -0.25) is 14.4 Å². The number of aryl methyl sites for hydroxylation is 1. The molecule has 0 atom stereocenters. The summed E-state index contributed by atoms with van der Waals surface area (Å²) in [6.45, 7) is 2.83. The predicted octanol–water partition coefficient (Wildman–Crippen LogP) is 1.91. The molecule has 1 aromatic heterocycles. The highest BCUT2D eigenvalue weighted by atomic mass is 16.5. The Morgan fingerprint density at radius 2 is 1.96 bits per heavy atom. The van der Waals surface area contributed by atoms with Crippen molar-refractivity contribution in [2.45, 2.75) is 32.4 Å². The third-order valence-corrected chi connectivity index (χ3v) is 4.88. The van der Waals surface area contributed by atoms with Gasteiger partial charge in [0.05, 0.1) is 6.54 Å². The summed E-state index contributed by atoms with van der Waals surface area (Å²) in [7, 11) is 0. The van der Waals surface area contributed by atoms with Crippen molar-refractivity contribution in [3.8, 4) is 0 Å². The van der Waals surface area contributed by atoms with Crippen LogP contribution in [0.3, 0.4) is 0 Å². The van der Waals surface area contributed by atoms with Crippen molar-refractivity contribution >= 4 is 11.9 Å². The average molecular weight is 384 g/mol. The second kappa shape index (κ2) is 8.84. The molecule has 3 rings (SSSR count). The van der Waals surface area contributed by atoms with E-state index in [0.29, 0.717) is 32.6 Å². The van der Waals surface area contributed by atoms with E-state index in [1.807, 2.05) is 31.2 Å². The van der Waals surface area contributed by atoms with Crippen LogP contribution in [0.25, 0.3) is 0 Å². The van der Waals surface area contributed by atoms with Gasteiger partial charge in [-0.2, -0.15) is 0 Å². The summed E-state index contributed by atoms with van der Waals surface area (Å²) < 4.78 is 6.79. The summed E-state index contributed by atoms with van der Waals surface area (Å²) in [6, 6.07) is 10.7. The number of carbonyl (C=O) groups excluding carboxylic acids is 1. The summed E-state index contributed by atoms with van der Waals surface area (Å²) in [5.74, 6) is -1.64. The minimum Gasteiger partial charge on any atom is -0.480 e. The molecule has 0 unspecified atom stereocenters. The van der Waals surface area contributed by atoms with Crippen molar-refractivity contribution < 1.29 is 19.4 Å². The van der Waals surface area contributed by atoms with E-state index in [1.54, 1.807) is 12.3 Å². The van der Waals surface area contributed by atoms with Crippen LogP contribution in [0.4, 0.5) is 0 Å². The minimum atomic E-state index is -1.10. The Morgan fingerprint density at radius 1 is 1.21 bits per heavy atom. The smallest absolute Gasteiger partial charge is 0.323 e. The standard InChI is InChI=1S/C21H24N2O5/c1-15-4-2-5-16(12-15)13-22-9-3-6-18(20(22)26)21(27)23(14-19(24)25)17-7-10-28-11-8-17/h2-6,9,12,17H,7-8,10-11,13-14H2,1H3,(H,24,25). The molecule has 7 heteroatoms. The van der Waals surface area contributed by atoms with Crippen molar-refractivity contribution in [3.05, 3.63) is 69.6 Å². The number of hydrogen-bond acceptors (Lipinski definition) is 4. The topological polar surface area (TPSA) is 88.8 Å². The molecule has 1 amide bonds. The van der Waals surface area contributed by atoms with Gasteiger partial charge in [-0.05, 0) is 37.5 Å². The maximum absolute atomic E-state index is 13.1. The van der Waals surface area contributed by atoms with E-state index in [1.165, 1.54) is 15.5 Å². The van der Waals surface area contributed by atoms with E-state index >= 15 is 0 Å². The molecule has 0 saturated carbocycles. The number of ether oxygens (including phenoxy) is 1. The molecule has 1 saturated heterocycles. The molecule has 0 aliphatic carbocycles. The number of carboxylic acids is 1. The van der Waals surface area contributed by atoms with E-state index in [2.05, 4.69) is 0 Å². The highest BCUT2D eigenvalue weighted by Crippen LogP contribution is 2.16. The maximum Gasteiger partial charge on any atom is 0.323 e. The molecule has 28 heavy (non-hydrogen) atoms. The number of hydrogen-bond donors (Lipinski definition) is 1. The van der Waals surface area contributed by atoms with Crippen LogP contribution >= 0.6 is 0 Å². The van der Waals surface area contributed by atoms with Gasteiger partial charge >= 0.3 is 5.97 Å².